The SMILES string of the molecule is C[C@H](NC1CCCCCC1)C(=O)Nc1ccccc1. The number of hydrogen-bond acceptors (Lipinski definition) is 2. The first-order valence-electron chi connectivity index (χ1n) is 7.37. The van der Waals surface area contributed by atoms with Gasteiger partial charge < -0.3 is 10.6 Å². The van der Waals surface area contributed by atoms with Crippen LogP contribution >= 0.6 is 0 Å². The molecule has 0 radical (unpaired) electrons. The Morgan fingerprint density at radius 3 is 2.37 bits per heavy atom. The van der Waals surface area contributed by atoms with Gasteiger partial charge in [-0.25, -0.2) is 0 Å². The van der Waals surface area contributed by atoms with Crippen molar-refractivity contribution in [1.29, 1.82) is 0 Å². The zero-order valence-corrected chi connectivity index (χ0v) is 11.7. The predicted octanol–water partition coefficient (Wildman–Crippen LogP) is 3.33. The summed E-state index contributed by atoms with van der Waals surface area (Å²) in [5, 5.41) is 6.41. The van der Waals surface area contributed by atoms with Gasteiger partial charge in [-0.2, -0.15) is 0 Å². The lowest BCUT2D eigenvalue weighted by Crippen LogP contribution is -2.43. The van der Waals surface area contributed by atoms with Crippen molar-refractivity contribution in [1.82, 2.24) is 5.32 Å². The highest BCUT2D eigenvalue weighted by Crippen LogP contribution is 2.17. The van der Waals surface area contributed by atoms with Gasteiger partial charge in [-0.1, -0.05) is 43.9 Å². The third-order valence-electron chi connectivity index (χ3n) is 3.78. The number of carbonyl (C=O) groups excluding carboxylic acids is 1. The van der Waals surface area contributed by atoms with Gasteiger partial charge in [0.2, 0.25) is 5.91 Å². The Morgan fingerprint density at radius 2 is 1.74 bits per heavy atom. The lowest BCUT2D eigenvalue weighted by molar-refractivity contribution is -0.118. The van der Waals surface area contributed by atoms with Crippen molar-refractivity contribution in [3.05, 3.63) is 30.3 Å². The van der Waals surface area contributed by atoms with Crippen molar-refractivity contribution in [2.75, 3.05) is 5.32 Å². The van der Waals surface area contributed by atoms with Crippen molar-refractivity contribution in [3.8, 4) is 0 Å². The number of anilines is 1. The second-order valence-corrected chi connectivity index (χ2v) is 5.43. The van der Waals surface area contributed by atoms with E-state index in [-0.39, 0.29) is 11.9 Å². The van der Waals surface area contributed by atoms with Crippen LogP contribution in [0.15, 0.2) is 30.3 Å². The van der Waals surface area contributed by atoms with Crippen LogP contribution in [0.5, 0.6) is 0 Å². The van der Waals surface area contributed by atoms with E-state index >= 15 is 0 Å². The molecule has 0 heterocycles. The molecule has 1 aliphatic carbocycles. The van der Waals surface area contributed by atoms with E-state index in [1.165, 1.54) is 38.5 Å². The highest BCUT2D eigenvalue weighted by atomic mass is 16.2. The lowest BCUT2D eigenvalue weighted by Gasteiger charge is -2.21. The second-order valence-electron chi connectivity index (χ2n) is 5.43. The summed E-state index contributed by atoms with van der Waals surface area (Å²) in [7, 11) is 0. The molecule has 0 aliphatic heterocycles. The smallest absolute Gasteiger partial charge is 0.241 e. The Bertz CT molecular complexity index is 383. The summed E-state index contributed by atoms with van der Waals surface area (Å²) in [6, 6.07) is 10.00. The maximum atomic E-state index is 12.1. The van der Waals surface area contributed by atoms with Crippen LogP contribution in [0.2, 0.25) is 0 Å². The molecule has 1 aromatic rings. The third kappa shape index (κ3) is 4.67. The maximum absolute atomic E-state index is 12.1. The summed E-state index contributed by atoms with van der Waals surface area (Å²) < 4.78 is 0. The Hall–Kier alpha value is -1.35. The molecular formula is C16H24N2O. The van der Waals surface area contributed by atoms with Crippen LogP contribution < -0.4 is 10.6 Å². The minimum Gasteiger partial charge on any atom is -0.325 e. The van der Waals surface area contributed by atoms with E-state index in [1.54, 1.807) is 0 Å². The molecule has 0 saturated heterocycles. The zero-order chi connectivity index (χ0) is 13.5. The van der Waals surface area contributed by atoms with Gasteiger partial charge in [0.1, 0.15) is 0 Å². The fraction of sp³-hybridized carbons (Fsp3) is 0.562. The summed E-state index contributed by atoms with van der Waals surface area (Å²) in [6.07, 6.45) is 7.63. The van der Waals surface area contributed by atoms with Crippen LogP contribution in [-0.2, 0) is 4.79 Å². The standard InChI is InChI=1S/C16H24N2O/c1-13(17-14-9-5-2-3-6-10-14)16(19)18-15-11-7-4-8-12-15/h4,7-8,11-14,17H,2-3,5-6,9-10H2,1H3,(H,18,19)/t13-/m0/s1. The van der Waals surface area contributed by atoms with Crippen molar-refractivity contribution in [3.63, 3.8) is 0 Å². The molecule has 3 nitrogen and oxygen atoms in total. The van der Waals surface area contributed by atoms with Crippen molar-refractivity contribution in [2.24, 2.45) is 0 Å². The van der Waals surface area contributed by atoms with Crippen LogP contribution in [0, 0.1) is 0 Å². The first-order valence-corrected chi connectivity index (χ1v) is 7.37. The summed E-state index contributed by atoms with van der Waals surface area (Å²) in [6.45, 7) is 1.95. The summed E-state index contributed by atoms with van der Waals surface area (Å²) in [5.74, 6) is 0.0513. The molecule has 19 heavy (non-hydrogen) atoms. The van der Waals surface area contributed by atoms with Crippen LogP contribution in [0.4, 0.5) is 5.69 Å². The van der Waals surface area contributed by atoms with E-state index < -0.39 is 0 Å². The lowest BCUT2D eigenvalue weighted by atomic mass is 10.1. The normalized spacial score (nSPS) is 18.6. The van der Waals surface area contributed by atoms with Crippen LogP contribution in [0.1, 0.15) is 45.4 Å². The Balaban J connectivity index is 1.81. The van der Waals surface area contributed by atoms with Crippen molar-refractivity contribution in [2.45, 2.75) is 57.5 Å². The van der Waals surface area contributed by atoms with E-state index in [1.807, 2.05) is 37.3 Å². The minimum atomic E-state index is -0.136. The van der Waals surface area contributed by atoms with Gasteiger partial charge in [-0.05, 0) is 31.9 Å². The highest BCUT2D eigenvalue weighted by molar-refractivity contribution is 5.94. The third-order valence-corrected chi connectivity index (χ3v) is 3.78. The topological polar surface area (TPSA) is 41.1 Å². The molecule has 1 aliphatic rings. The number of carbonyl (C=O) groups is 1. The predicted molar refractivity (Wildman–Crippen MR) is 79.2 cm³/mol. The fourth-order valence-electron chi connectivity index (χ4n) is 2.65. The maximum Gasteiger partial charge on any atom is 0.241 e. The van der Waals surface area contributed by atoms with Crippen molar-refractivity contribution >= 4 is 11.6 Å². The van der Waals surface area contributed by atoms with Crippen LogP contribution in [-0.4, -0.2) is 18.0 Å². The first kappa shape index (κ1) is 14.1. The molecule has 1 atom stereocenters. The molecule has 2 N–H and O–H groups in total. The Labute approximate surface area is 115 Å². The van der Waals surface area contributed by atoms with E-state index in [9.17, 15) is 4.79 Å². The minimum absolute atomic E-state index is 0.0513. The molecule has 2 rings (SSSR count). The molecule has 0 unspecified atom stereocenters. The summed E-state index contributed by atoms with van der Waals surface area (Å²) in [4.78, 5) is 12.1. The monoisotopic (exact) mass is 260 g/mol. The molecule has 1 saturated carbocycles. The number of benzene rings is 1. The van der Waals surface area contributed by atoms with Crippen molar-refractivity contribution < 1.29 is 4.79 Å². The Morgan fingerprint density at radius 1 is 1.11 bits per heavy atom. The largest absolute Gasteiger partial charge is 0.325 e. The van der Waals surface area contributed by atoms with Crippen LogP contribution in [0.25, 0.3) is 0 Å². The second kappa shape index (κ2) is 7.29. The summed E-state index contributed by atoms with van der Waals surface area (Å²) in [5.41, 5.74) is 0.863. The number of rotatable bonds is 4. The molecule has 1 fully saturated rings. The molecule has 3 heteroatoms. The fourth-order valence-corrected chi connectivity index (χ4v) is 2.65. The van der Waals surface area contributed by atoms with Gasteiger partial charge >= 0.3 is 0 Å². The van der Waals surface area contributed by atoms with Gasteiger partial charge in [0.15, 0.2) is 0 Å². The summed E-state index contributed by atoms with van der Waals surface area (Å²) >= 11 is 0. The number of para-hydroxylation sites is 1. The van der Waals surface area contributed by atoms with Crippen LogP contribution in [0.3, 0.4) is 0 Å². The van der Waals surface area contributed by atoms with E-state index in [0.29, 0.717) is 6.04 Å². The molecule has 0 bridgehead atoms. The molecule has 1 amide bonds. The number of nitrogens with one attached hydrogen (secondary N) is 2. The van der Waals surface area contributed by atoms with E-state index in [2.05, 4.69) is 10.6 Å². The average molecular weight is 260 g/mol. The molecule has 0 aromatic heterocycles. The molecular weight excluding hydrogens is 236 g/mol. The van der Waals surface area contributed by atoms with Gasteiger partial charge in [-0.3, -0.25) is 4.79 Å². The highest BCUT2D eigenvalue weighted by Gasteiger charge is 2.18. The quantitative estimate of drug-likeness (QED) is 0.815. The van der Waals surface area contributed by atoms with E-state index in [4.69, 9.17) is 0 Å². The Kier molecular flexibility index (Phi) is 5.40. The van der Waals surface area contributed by atoms with Gasteiger partial charge in [0.25, 0.3) is 0 Å². The average Bonchev–Trinajstić information content (AvgIpc) is 2.68. The molecule has 0 spiro atoms. The number of amides is 1. The van der Waals surface area contributed by atoms with E-state index in [0.717, 1.165) is 5.69 Å². The van der Waals surface area contributed by atoms with Gasteiger partial charge in [0, 0.05) is 11.7 Å². The first-order chi connectivity index (χ1) is 9.25. The van der Waals surface area contributed by atoms with Gasteiger partial charge in [-0.15, -0.1) is 0 Å². The number of hydrogen-bond donors (Lipinski definition) is 2. The molecule has 104 valence electrons. The zero-order valence-electron chi connectivity index (χ0n) is 11.7. The van der Waals surface area contributed by atoms with Gasteiger partial charge in [0.05, 0.1) is 6.04 Å². The molecule has 1 aromatic carbocycles.